The van der Waals surface area contributed by atoms with Crippen LogP contribution in [0.1, 0.15) is 0 Å². The van der Waals surface area contributed by atoms with E-state index in [1.54, 1.807) is 0 Å². The molecule has 0 bridgehead atoms. The quantitative estimate of drug-likeness (QED) is 0.461. The summed E-state index contributed by atoms with van der Waals surface area (Å²) >= 11 is 5.18. The van der Waals surface area contributed by atoms with Crippen LogP contribution in [-0.4, -0.2) is 37.3 Å². The van der Waals surface area contributed by atoms with E-state index in [1.165, 1.54) is 0 Å². The fraction of sp³-hybridized carbons (Fsp3) is 0.667. The Labute approximate surface area is 75.6 Å². The number of nitrogens with two attached hydrogens (primary N) is 1. The van der Waals surface area contributed by atoms with E-state index in [1.807, 2.05) is 0 Å². The molecule has 0 heterocycles. The molecule has 0 rings (SSSR count). The van der Waals surface area contributed by atoms with Gasteiger partial charge in [0.15, 0.2) is 0 Å². The molecule has 4 N–H and O–H groups in total. The standard InChI is InChI=1S/C6H12ClN3O2/c7-3-5(11)10-4-6(12)9-2-1-8/h1-4,8H2,(H,9,12)(H,10,11). The minimum atomic E-state index is -0.362. The second-order valence-electron chi connectivity index (χ2n) is 2.05. The monoisotopic (exact) mass is 193 g/mol. The molecule has 0 aliphatic carbocycles. The Bertz CT molecular complexity index is 163. The first kappa shape index (κ1) is 11.2. The molecule has 0 fully saturated rings. The fourth-order valence-corrected chi connectivity index (χ4v) is 0.595. The lowest BCUT2D eigenvalue weighted by atomic mass is 10.5. The van der Waals surface area contributed by atoms with Gasteiger partial charge in [-0.1, -0.05) is 0 Å². The predicted molar refractivity (Wildman–Crippen MR) is 45.8 cm³/mol. The van der Waals surface area contributed by atoms with Crippen LogP contribution in [0, 0.1) is 0 Å². The summed E-state index contributed by atoms with van der Waals surface area (Å²) in [5.41, 5.74) is 5.14. The van der Waals surface area contributed by atoms with E-state index < -0.39 is 0 Å². The van der Waals surface area contributed by atoms with Crippen molar-refractivity contribution in [2.24, 2.45) is 5.73 Å². The van der Waals surface area contributed by atoms with Crippen molar-refractivity contribution in [3.05, 3.63) is 0 Å². The molecule has 0 aliphatic rings. The van der Waals surface area contributed by atoms with Crippen LogP contribution in [0.15, 0.2) is 0 Å². The van der Waals surface area contributed by atoms with E-state index in [-0.39, 0.29) is 24.2 Å². The molecule has 0 saturated carbocycles. The lowest BCUT2D eigenvalue weighted by Crippen LogP contribution is -2.39. The molecule has 0 aliphatic heterocycles. The number of nitrogens with one attached hydrogen (secondary N) is 2. The number of carbonyl (C=O) groups excluding carboxylic acids is 2. The van der Waals surface area contributed by atoms with Gasteiger partial charge in [-0.25, -0.2) is 0 Å². The van der Waals surface area contributed by atoms with Crippen LogP contribution in [0.5, 0.6) is 0 Å². The summed E-state index contributed by atoms with van der Waals surface area (Å²) < 4.78 is 0. The largest absolute Gasteiger partial charge is 0.353 e. The van der Waals surface area contributed by atoms with Crippen LogP contribution in [0.2, 0.25) is 0 Å². The van der Waals surface area contributed by atoms with Gasteiger partial charge in [-0.15, -0.1) is 11.6 Å². The van der Waals surface area contributed by atoms with Gasteiger partial charge in [-0.3, -0.25) is 9.59 Å². The van der Waals surface area contributed by atoms with E-state index in [0.29, 0.717) is 13.1 Å². The highest BCUT2D eigenvalue weighted by Crippen LogP contribution is 1.73. The van der Waals surface area contributed by atoms with E-state index in [9.17, 15) is 9.59 Å². The Morgan fingerprint density at radius 3 is 2.42 bits per heavy atom. The van der Waals surface area contributed by atoms with Crippen LogP contribution in [0.25, 0.3) is 0 Å². The van der Waals surface area contributed by atoms with Crippen molar-refractivity contribution < 1.29 is 9.59 Å². The summed E-state index contributed by atoms with van der Waals surface area (Å²) in [6.07, 6.45) is 0. The van der Waals surface area contributed by atoms with E-state index in [0.717, 1.165) is 0 Å². The molecule has 6 heteroatoms. The Balaban J connectivity index is 3.37. The molecule has 0 aromatic carbocycles. The molecular formula is C6H12ClN3O2. The maximum absolute atomic E-state index is 10.8. The molecular weight excluding hydrogens is 182 g/mol. The third-order valence-electron chi connectivity index (χ3n) is 1.03. The van der Waals surface area contributed by atoms with Crippen molar-refractivity contribution in [1.29, 1.82) is 0 Å². The zero-order valence-electron chi connectivity index (χ0n) is 6.60. The predicted octanol–water partition coefficient (Wildman–Crippen LogP) is -1.58. The van der Waals surface area contributed by atoms with Crippen molar-refractivity contribution in [2.45, 2.75) is 0 Å². The molecule has 2 amide bonds. The van der Waals surface area contributed by atoms with Crippen LogP contribution in [-0.2, 0) is 9.59 Å². The summed E-state index contributed by atoms with van der Waals surface area (Å²) in [4.78, 5) is 21.3. The highest BCUT2D eigenvalue weighted by Gasteiger charge is 2.02. The second kappa shape index (κ2) is 6.87. The van der Waals surface area contributed by atoms with Gasteiger partial charge in [0.05, 0.1) is 6.54 Å². The molecule has 0 unspecified atom stereocenters. The van der Waals surface area contributed by atoms with Crippen LogP contribution in [0.4, 0.5) is 0 Å². The summed E-state index contributed by atoms with van der Waals surface area (Å²) in [5, 5.41) is 4.81. The smallest absolute Gasteiger partial charge is 0.239 e. The maximum Gasteiger partial charge on any atom is 0.239 e. The third-order valence-corrected chi connectivity index (χ3v) is 1.28. The van der Waals surface area contributed by atoms with Gasteiger partial charge in [-0.05, 0) is 0 Å². The number of alkyl halides is 1. The average Bonchev–Trinajstić information content (AvgIpc) is 2.10. The number of hydrogen-bond donors (Lipinski definition) is 3. The first-order chi connectivity index (χ1) is 5.70. The number of amides is 2. The topological polar surface area (TPSA) is 84.2 Å². The fourth-order valence-electron chi connectivity index (χ4n) is 0.500. The molecule has 70 valence electrons. The molecule has 0 spiro atoms. The summed E-state index contributed by atoms with van der Waals surface area (Å²) in [6, 6.07) is 0. The van der Waals surface area contributed by atoms with Crippen molar-refractivity contribution in [2.75, 3.05) is 25.5 Å². The van der Waals surface area contributed by atoms with Crippen molar-refractivity contribution >= 4 is 23.4 Å². The van der Waals surface area contributed by atoms with Crippen LogP contribution in [0.3, 0.4) is 0 Å². The van der Waals surface area contributed by atoms with E-state index in [4.69, 9.17) is 17.3 Å². The van der Waals surface area contributed by atoms with Crippen LogP contribution >= 0.6 is 11.6 Å². The Kier molecular flexibility index (Phi) is 6.41. The van der Waals surface area contributed by atoms with Gasteiger partial charge >= 0.3 is 0 Å². The number of carbonyl (C=O) groups is 2. The van der Waals surface area contributed by atoms with E-state index in [2.05, 4.69) is 10.6 Å². The van der Waals surface area contributed by atoms with Gasteiger partial charge in [0, 0.05) is 13.1 Å². The van der Waals surface area contributed by atoms with Crippen molar-refractivity contribution in [3.63, 3.8) is 0 Å². The summed E-state index contributed by atoms with van der Waals surface area (Å²) in [7, 11) is 0. The van der Waals surface area contributed by atoms with Gasteiger partial charge in [0.25, 0.3) is 0 Å². The minimum absolute atomic E-state index is 0.0500. The lowest BCUT2D eigenvalue weighted by Gasteiger charge is -2.03. The van der Waals surface area contributed by atoms with Gasteiger partial charge < -0.3 is 16.4 Å². The maximum atomic E-state index is 10.8. The summed E-state index contributed by atoms with van der Waals surface area (Å²) in [6.45, 7) is 0.746. The van der Waals surface area contributed by atoms with E-state index >= 15 is 0 Å². The number of hydrogen-bond acceptors (Lipinski definition) is 3. The molecule has 0 saturated heterocycles. The molecule has 0 aromatic heterocycles. The average molecular weight is 194 g/mol. The number of halogens is 1. The summed E-state index contributed by atoms with van der Waals surface area (Å²) in [5.74, 6) is -0.761. The molecule has 5 nitrogen and oxygen atoms in total. The Morgan fingerprint density at radius 1 is 1.25 bits per heavy atom. The Hall–Kier alpha value is -0.810. The van der Waals surface area contributed by atoms with Crippen molar-refractivity contribution in [3.8, 4) is 0 Å². The van der Waals surface area contributed by atoms with Crippen LogP contribution < -0.4 is 16.4 Å². The molecule has 12 heavy (non-hydrogen) atoms. The second-order valence-corrected chi connectivity index (χ2v) is 2.32. The zero-order valence-corrected chi connectivity index (χ0v) is 7.36. The van der Waals surface area contributed by atoms with Gasteiger partial charge in [0.1, 0.15) is 5.88 Å². The lowest BCUT2D eigenvalue weighted by molar-refractivity contribution is -0.124. The minimum Gasteiger partial charge on any atom is -0.353 e. The SMILES string of the molecule is NCCNC(=O)CNC(=O)CCl. The van der Waals surface area contributed by atoms with Crippen molar-refractivity contribution in [1.82, 2.24) is 10.6 Å². The normalized spacial score (nSPS) is 9.17. The molecule has 0 atom stereocenters. The van der Waals surface area contributed by atoms with Gasteiger partial charge in [-0.2, -0.15) is 0 Å². The highest BCUT2D eigenvalue weighted by molar-refractivity contribution is 6.27. The zero-order chi connectivity index (χ0) is 9.40. The highest BCUT2D eigenvalue weighted by atomic mass is 35.5. The first-order valence-corrected chi connectivity index (χ1v) is 4.03. The Morgan fingerprint density at radius 2 is 1.92 bits per heavy atom. The van der Waals surface area contributed by atoms with Gasteiger partial charge in [0.2, 0.25) is 11.8 Å². The molecule has 0 aromatic rings. The third kappa shape index (κ3) is 5.94. The first-order valence-electron chi connectivity index (χ1n) is 3.50. The number of rotatable bonds is 5. The molecule has 0 radical (unpaired) electrons.